The van der Waals surface area contributed by atoms with Gasteiger partial charge in [0.1, 0.15) is 17.0 Å². The van der Waals surface area contributed by atoms with Crippen LogP contribution in [0.25, 0.3) is 10.2 Å². The van der Waals surface area contributed by atoms with Crippen LogP contribution in [0.15, 0.2) is 36.7 Å². The minimum absolute atomic E-state index is 0.346. The van der Waals surface area contributed by atoms with Crippen molar-refractivity contribution in [3.05, 3.63) is 52.7 Å². The van der Waals surface area contributed by atoms with Crippen molar-refractivity contribution in [1.82, 2.24) is 9.97 Å². The number of hydrogen-bond donors (Lipinski definition) is 1. The van der Waals surface area contributed by atoms with E-state index in [4.69, 9.17) is 0 Å². The van der Waals surface area contributed by atoms with Gasteiger partial charge in [-0.15, -0.1) is 11.3 Å². The highest BCUT2D eigenvalue weighted by molar-refractivity contribution is 7.18. The van der Waals surface area contributed by atoms with Gasteiger partial charge in [0.15, 0.2) is 0 Å². The van der Waals surface area contributed by atoms with Crippen LogP contribution < -0.4 is 5.32 Å². The molecule has 1 fully saturated rings. The smallest absolute Gasteiger partial charge is 0.138 e. The number of anilines is 1. The van der Waals surface area contributed by atoms with Gasteiger partial charge in [-0.1, -0.05) is 30.3 Å². The van der Waals surface area contributed by atoms with Crippen LogP contribution >= 0.6 is 11.3 Å². The Balaban J connectivity index is 1.75. The average molecular weight is 309 g/mol. The van der Waals surface area contributed by atoms with Crippen molar-refractivity contribution >= 4 is 27.4 Å². The Morgan fingerprint density at radius 3 is 2.64 bits per heavy atom. The molecule has 1 saturated carbocycles. The summed E-state index contributed by atoms with van der Waals surface area (Å²) in [5.41, 5.74) is 2.65. The van der Waals surface area contributed by atoms with Crippen LogP contribution in [0.5, 0.6) is 0 Å². The van der Waals surface area contributed by atoms with Gasteiger partial charge in [0, 0.05) is 4.88 Å². The van der Waals surface area contributed by atoms with E-state index in [-0.39, 0.29) is 0 Å². The molecule has 0 aliphatic heterocycles. The molecule has 0 spiro atoms. The number of fused-ring (bicyclic) bond motifs is 1. The first kappa shape index (κ1) is 13.7. The molecule has 4 rings (SSSR count). The molecule has 1 aliphatic rings. The number of aryl methyl sites for hydroxylation is 2. The number of aromatic nitrogens is 2. The third-order valence-electron chi connectivity index (χ3n) is 4.51. The Kier molecular flexibility index (Phi) is 3.34. The van der Waals surface area contributed by atoms with Crippen LogP contribution in [0.3, 0.4) is 0 Å². The number of rotatable bonds is 4. The topological polar surface area (TPSA) is 37.8 Å². The van der Waals surface area contributed by atoms with Gasteiger partial charge in [-0.05, 0) is 43.7 Å². The van der Waals surface area contributed by atoms with Gasteiger partial charge in [0.2, 0.25) is 0 Å². The lowest BCUT2D eigenvalue weighted by Gasteiger charge is -2.20. The van der Waals surface area contributed by atoms with Crippen molar-refractivity contribution < 1.29 is 0 Å². The standard InChI is InChI=1S/C18H19N3S/c1-11-12(2)22-18-15(11)17(19-10-20-18)21-16(14-8-9-14)13-6-4-3-5-7-13/h3-7,10,14,16H,8-9H2,1-2H3,(H,19,20,21)/t16-/m1/s1. The summed E-state index contributed by atoms with van der Waals surface area (Å²) < 4.78 is 0. The van der Waals surface area contributed by atoms with Crippen LogP contribution in [0.2, 0.25) is 0 Å². The van der Waals surface area contributed by atoms with E-state index in [9.17, 15) is 0 Å². The Bertz CT molecular complexity index is 806. The molecular weight excluding hydrogens is 290 g/mol. The second-order valence-electron chi connectivity index (χ2n) is 6.06. The number of thiophene rings is 1. The molecular formula is C18H19N3S. The van der Waals surface area contributed by atoms with E-state index in [1.807, 2.05) is 0 Å². The van der Waals surface area contributed by atoms with Gasteiger partial charge in [-0.25, -0.2) is 9.97 Å². The van der Waals surface area contributed by atoms with Gasteiger partial charge < -0.3 is 5.32 Å². The van der Waals surface area contributed by atoms with Crippen LogP contribution in [0.1, 0.15) is 34.9 Å². The fraction of sp³-hybridized carbons (Fsp3) is 0.333. The number of benzene rings is 1. The minimum Gasteiger partial charge on any atom is -0.362 e. The molecule has 1 aliphatic carbocycles. The van der Waals surface area contributed by atoms with Gasteiger partial charge in [-0.3, -0.25) is 0 Å². The van der Waals surface area contributed by atoms with E-state index in [1.165, 1.54) is 34.2 Å². The van der Waals surface area contributed by atoms with E-state index in [1.54, 1.807) is 17.7 Å². The number of hydrogen-bond acceptors (Lipinski definition) is 4. The Labute approximate surface area is 134 Å². The predicted molar refractivity (Wildman–Crippen MR) is 92.4 cm³/mol. The molecule has 112 valence electrons. The molecule has 2 heterocycles. The summed E-state index contributed by atoms with van der Waals surface area (Å²) in [7, 11) is 0. The Hall–Kier alpha value is -1.94. The highest BCUT2D eigenvalue weighted by Gasteiger charge is 2.33. The molecule has 3 nitrogen and oxygen atoms in total. The van der Waals surface area contributed by atoms with Crippen LogP contribution in [0, 0.1) is 19.8 Å². The largest absolute Gasteiger partial charge is 0.362 e. The van der Waals surface area contributed by atoms with Crippen molar-refractivity contribution in [2.75, 3.05) is 5.32 Å². The van der Waals surface area contributed by atoms with Crippen molar-refractivity contribution in [2.45, 2.75) is 32.7 Å². The molecule has 0 bridgehead atoms. The summed E-state index contributed by atoms with van der Waals surface area (Å²) in [4.78, 5) is 11.4. The summed E-state index contributed by atoms with van der Waals surface area (Å²) in [6.45, 7) is 4.32. The lowest BCUT2D eigenvalue weighted by molar-refractivity contribution is 0.676. The van der Waals surface area contributed by atoms with E-state index in [0.717, 1.165) is 10.6 Å². The SMILES string of the molecule is Cc1sc2ncnc(N[C@H](c3ccccc3)C3CC3)c2c1C. The second-order valence-corrected chi connectivity index (χ2v) is 7.26. The van der Waals surface area contributed by atoms with E-state index in [0.29, 0.717) is 12.0 Å². The lowest BCUT2D eigenvalue weighted by Crippen LogP contribution is -2.14. The fourth-order valence-corrected chi connectivity index (χ4v) is 4.00. The quantitative estimate of drug-likeness (QED) is 0.747. The van der Waals surface area contributed by atoms with E-state index < -0.39 is 0 Å². The van der Waals surface area contributed by atoms with Gasteiger partial charge >= 0.3 is 0 Å². The molecule has 2 aromatic heterocycles. The van der Waals surface area contributed by atoms with E-state index >= 15 is 0 Å². The van der Waals surface area contributed by atoms with Crippen LogP contribution in [-0.4, -0.2) is 9.97 Å². The second kappa shape index (κ2) is 5.36. The van der Waals surface area contributed by atoms with Gasteiger partial charge in [0.05, 0.1) is 11.4 Å². The van der Waals surface area contributed by atoms with Gasteiger partial charge in [0.25, 0.3) is 0 Å². The molecule has 0 unspecified atom stereocenters. The van der Waals surface area contributed by atoms with E-state index in [2.05, 4.69) is 59.5 Å². The minimum atomic E-state index is 0.346. The molecule has 1 N–H and O–H groups in total. The first-order valence-corrected chi connectivity index (χ1v) is 8.58. The molecule has 0 amide bonds. The van der Waals surface area contributed by atoms with Crippen molar-refractivity contribution in [1.29, 1.82) is 0 Å². The predicted octanol–water partition coefficient (Wildman–Crippen LogP) is 4.87. The normalized spacial score (nSPS) is 15.9. The van der Waals surface area contributed by atoms with Crippen molar-refractivity contribution in [3.63, 3.8) is 0 Å². The number of nitrogens with zero attached hydrogens (tertiary/aromatic N) is 2. The molecule has 22 heavy (non-hydrogen) atoms. The fourth-order valence-electron chi connectivity index (χ4n) is 3.00. The number of nitrogens with one attached hydrogen (secondary N) is 1. The summed E-state index contributed by atoms with van der Waals surface area (Å²) in [5, 5.41) is 4.90. The zero-order chi connectivity index (χ0) is 15.1. The third-order valence-corrected chi connectivity index (χ3v) is 5.62. The molecule has 1 atom stereocenters. The molecule has 0 radical (unpaired) electrons. The maximum absolute atomic E-state index is 4.54. The zero-order valence-corrected chi connectivity index (χ0v) is 13.7. The third kappa shape index (κ3) is 2.37. The first-order valence-electron chi connectivity index (χ1n) is 7.76. The summed E-state index contributed by atoms with van der Waals surface area (Å²) in [6.07, 6.45) is 4.26. The zero-order valence-electron chi connectivity index (χ0n) is 12.8. The molecule has 3 aromatic rings. The van der Waals surface area contributed by atoms with Crippen LogP contribution in [0.4, 0.5) is 5.82 Å². The summed E-state index contributed by atoms with van der Waals surface area (Å²) >= 11 is 1.75. The Morgan fingerprint density at radius 2 is 1.91 bits per heavy atom. The highest BCUT2D eigenvalue weighted by atomic mass is 32.1. The van der Waals surface area contributed by atoms with Crippen molar-refractivity contribution in [2.24, 2.45) is 5.92 Å². The lowest BCUT2D eigenvalue weighted by atomic mass is 10.0. The van der Waals surface area contributed by atoms with Crippen LogP contribution in [-0.2, 0) is 0 Å². The van der Waals surface area contributed by atoms with Crippen molar-refractivity contribution in [3.8, 4) is 0 Å². The maximum Gasteiger partial charge on any atom is 0.138 e. The summed E-state index contributed by atoms with van der Waals surface area (Å²) in [5.74, 6) is 1.69. The molecule has 4 heteroatoms. The van der Waals surface area contributed by atoms with Gasteiger partial charge in [-0.2, -0.15) is 0 Å². The molecule has 1 aromatic carbocycles. The highest BCUT2D eigenvalue weighted by Crippen LogP contribution is 2.44. The first-order chi connectivity index (χ1) is 10.7. The maximum atomic E-state index is 4.54. The molecule has 0 saturated heterocycles. The monoisotopic (exact) mass is 309 g/mol. The summed E-state index contributed by atoms with van der Waals surface area (Å²) in [6, 6.07) is 11.1. The average Bonchev–Trinajstić information content (AvgIpc) is 3.33. The Morgan fingerprint density at radius 1 is 1.14 bits per heavy atom.